The van der Waals surface area contributed by atoms with E-state index in [2.05, 4.69) is 17.2 Å². The third-order valence-corrected chi connectivity index (χ3v) is 5.59. The Morgan fingerprint density at radius 3 is 2.70 bits per heavy atom. The van der Waals surface area contributed by atoms with Gasteiger partial charge in [-0.25, -0.2) is 4.79 Å². The summed E-state index contributed by atoms with van der Waals surface area (Å²) in [5.41, 5.74) is -0.931. The second-order valence-electron chi connectivity index (χ2n) is 7.62. The van der Waals surface area contributed by atoms with Gasteiger partial charge in [-0.1, -0.05) is 24.3 Å². The van der Waals surface area contributed by atoms with Crippen molar-refractivity contribution < 1.29 is 32.3 Å². The highest BCUT2D eigenvalue weighted by atomic mass is 19.4. The van der Waals surface area contributed by atoms with Crippen LogP contribution in [0.3, 0.4) is 0 Å². The number of carbonyl (C=O) groups excluding carboxylic acids is 3. The maximum atomic E-state index is 13.7. The molecule has 0 aromatic heterocycles. The molecule has 1 aromatic rings. The lowest BCUT2D eigenvalue weighted by molar-refractivity contribution is -0.138. The number of urea groups is 1. The van der Waals surface area contributed by atoms with Gasteiger partial charge in [-0.2, -0.15) is 13.2 Å². The van der Waals surface area contributed by atoms with Crippen LogP contribution < -0.4 is 10.6 Å². The van der Waals surface area contributed by atoms with Crippen molar-refractivity contribution in [1.82, 2.24) is 20.4 Å². The molecule has 33 heavy (non-hydrogen) atoms. The quantitative estimate of drug-likeness (QED) is 0.454. The Labute approximate surface area is 189 Å². The fourth-order valence-electron chi connectivity index (χ4n) is 3.95. The molecule has 178 valence electrons. The molecule has 0 saturated carbocycles. The van der Waals surface area contributed by atoms with Crippen LogP contribution in [0.15, 0.2) is 48.2 Å². The maximum Gasteiger partial charge on any atom is 0.416 e. The predicted octanol–water partition coefficient (Wildman–Crippen LogP) is 2.21. The first-order valence-corrected chi connectivity index (χ1v) is 10.3. The Morgan fingerprint density at radius 2 is 2.06 bits per heavy atom. The normalized spacial score (nSPS) is 19.4. The fourth-order valence-corrected chi connectivity index (χ4v) is 3.95. The summed E-state index contributed by atoms with van der Waals surface area (Å²) in [6.45, 7) is 5.59. The van der Waals surface area contributed by atoms with E-state index in [1.807, 2.05) is 0 Å². The zero-order valence-corrected chi connectivity index (χ0v) is 18.2. The Morgan fingerprint density at radius 1 is 1.36 bits per heavy atom. The third kappa shape index (κ3) is 4.72. The number of rotatable bonds is 8. The number of benzene rings is 1. The number of amides is 4. The summed E-state index contributed by atoms with van der Waals surface area (Å²) in [5.74, 6) is -1.06. The standard InChI is InChI=1S/C22H25F3N4O4/c1-4-10-28-16-12-29(13(2)19(30)26-9-11-33-3)20(31)17(16)18(27-21(28)32)14-7-5-6-8-15(14)22(23,24)25/h4-8,13,18H,1,9-12H2,2-3H3,(H,26,30)(H,27,32)/t13-,18+/m1/s1. The molecule has 2 heterocycles. The van der Waals surface area contributed by atoms with Crippen LogP contribution in [0, 0.1) is 0 Å². The second kappa shape index (κ2) is 9.65. The monoisotopic (exact) mass is 466 g/mol. The van der Waals surface area contributed by atoms with Gasteiger partial charge >= 0.3 is 12.2 Å². The Hall–Kier alpha value is -3.34. The molecule has 0 aliphatic carbocycles. The summed E-state index contributed by atoms with van der Waals surface area (Å²) in [5, 5.41) is 5.17. The first-order chi connectivity index (χ1) is 15.6. The van der Waals surface area contributed by atoms with Gasteiger partial charge in [0.1, 0.15) is 6.04 Å². The molecule has 0 unspecified atom stereocenters. The Balaban J connectivity index is 2.01. The van der Waals surface area contributed by atoms with Crippen molar-refractivity contribution in [2.24, 2.45) is 0 Å². The maximum absolute atomic E-state index is 13.7. The van der Waals surface area contributed by atoms with E-state index in [1.54, 1.807) is 0 Å². The van der Waals surface area contributed by atoms with Gasteiger partial charge in [0, 0.05) is 20.2 Å². The van der Waals surface area contributed by atoms with Gasteiger partial charge in [0.25, 0.3) is 5.91 Å². The van der Waals surface area contributed by atoms with Crippen molar-refractivity contribution in [3.8, 4) is 0 Å². The molecule has 2 N–H and O–H groups in total. The number of halogens is 3. The molecule has 2 aliphatic rings. The molecule has 2 aliphatic heterocycles. The number of nitrogens with one attached hydrogen (secondary N) is 2. The number of alkyl halides is 3. The molecular formula is C22H25F3N4O4. The molecule has 4 amide bonds. The zero-order chi connectivity index (χ0) is 24.3. The van der Waals surface area contributed by atoms with E-state index in [1.165, 1.54) is 48.1 Å². The second-order valence-corrected chi connectivity index (χ2v) is 7.62. The van der Waals surface area contributed by atoms with Crippen molar-refractivity contribution in [1.29, 1.82) is 0 Å². The van der Waals surface area contributed by atoms with Crippen LogP contribution >= 0.6 is 0 Å². The molecule has 0 radical (unpaired) electrons. The van der Waals surface area contributed by atoms with Crippen molar-refractivity contribution in [3.05, 3.63) is 59.3 Å². The first-order valence-electron chi connectivity index (χ1n) is 10.3. The van der Waals surface area contributed by atoms with Gasteiger partial charge in [0.05, 0.1) is 36.0 Å². The van der Waals surface area contributed by atoms with Crippen molar-refractivity contribution >= 4 is 17.8 Å². The highest BCUT2D eigenvalue weighted by Gasteiger charge is 2.47. The summed E-state index contributed by atoms with van der Waals surface area (Å²) in [7, 11) is 1.48. The molecule has 1 aromatic carbocycles. The van der Waals surface area contributed by atoms with E-state index >= 15 is 0 Å². The van der Waals surface area contributed by atoms with Crippen molar-refractivity contribution in [2.45, 2.75) is 25.2 Å². The summed E-state index contributed by atoms with van der Waals surface area (Å²) >= 11 is 0. The number of hydrogen-bond acceptors (Lipinski definition) is 4. The average Bonchev–Trinajstić information content (AvgIpc) is 3.11. The Kier molecular flexibility index (Phi) is 7.11. The Bertz CT molecular complexity index is 992. The van der Waals surface area contributed by atoms with E-state index < -0.39 is 41.7 Å². The van der Waals surface area contributed by atoms with Gasteiger partial charge in [0.2, 0.25) is 5.91 Å². The van der Waals surface area contributed by atoms with Gasteiger partial charge in [0.15, 0.2) is 0 Å². The largest absolute Gasteiger partial charge is 0.416 e. The van der Waals surface area contributed by atoms with Crippen LogP contribution in [-0.4, -0.2) is 67.0 Å². The van der Waals surface area contributed by atoms with E-state index in [0.717, 1.165) is 6.07 Å². The number of nitrogens with zero attached hydrogens (tertiary/aromatic N) is 2. The lowest BCUT2D eigenvalue weighted by Gasteiger charge is -2.33. The molecule has 0 saturated heterocycles. The molecule has 3 rings (SSSR count). The van der Waals surface area contributed by atoms with Crippen LogP contribution in [-0.2, 0) is 20.5 Å². The lowest BCUT2D eigenvalue weighted by Crippen LogP contribution is -2.47. The summed E-state index contributed by atoms with van der Waals surface area (Å²) in [6.07, 6.45) is -3.24. The first kappa shape index (κ1) is 24.3. The van der Waals surface area contributed by atoms with E-state index in [9.17, 15) is 27.6 Å². The topological polar surface area (TPSA) is 91.0 Å². The fraction of sp³-hybridized carbons (Fsp3) is 0.409. The van der Waals surface area contributed by atoms with E-state index in [0.29, 0.717) is 0 Å². The van der Waals surface area contributed by atoms with Crippen molar-refractivity contribution in [3.63, 3.8) is 0 Å². The van der Waals surface area contributed by atoms with Crippen LogP contribution in [0.2, 0.25) is 0 Å². The minimum absolute atomic E-state index is 0.00434. The zero-order valence-electron chi connectivity index (χ0n) is 18.2. The smallest absolute Gasteiger partial charge is 0.383 e. The minimum Gasteiger partial charge on any atom is -0.383 e. The SMILES string of the molecule is C=CCN1C(=O)N[C@@H](c2ccccc2C(F)(F)F)C2=C1CN([C@H](C)C(=O)NCCOC)C2=O. The molecule has 11 heteroatoms. The van der Waals surface area contributed by atoms with Crippen LogP contribution in [0.4, 0.5) is 18.0 Å². The molecular weight excluding hydrogens is 441 g/mol. The van der Waals surface area contributed by atoms with Gasteiger partial charge in [-0.05, 0) is 18.6 Å². The number of ether oxygens (including phenoxy) is 1. The summed E-state index contributed by atoms with van der Waals surface area (Å²) < 4.78 is 46.0. The highest BCUT2D eigenvalue weighted by molar-refractivity contribution is 6.03. The van der Waals surface area contributed by atoms with E-state index in [4.69, 9.17) is 4.74 Å². The van der Waals surface area contributed by atoms with Crippen LogP contribution in [0.25, 0.3) is 0 Å². The number of carbonyl (C=O) groups is 3. The van der Waals surface area contributed by atoms with Crippen LogP contribution in [0.1, 0.15) is 24.1 Å². The summed E-state index contributed by atoms with van der Waals surface area (Å²) in [4.78, 5) is 41.2. The molecule has 2 atom stereocenters. The minimum atomic E-state index is -4.68. The summed E-state index contributed by atoms with van der Waals surface area (Å²) in [6, 6.07) is 1.91. The highest BCUT2D eigenvalue weighted by Crippen LogP contribution is 2.41. The molecule has 0 fully saturated rings. The van der Waals surface area contributed by atoms with Crippen LogP contribution in [0.5, 0.6) is 0 Å². The lowest BCUT2D eigenvalue weighted by atomic mass is 9.91. The van der Waals surface area contributed by atoms with Gasteiger partial charge in [-0.3, -0.25) is 14.5 Å². The molecule has 8 nitrogen and oxygen atoms in total. The molecule has 0 spiro atoms. The third-order valence-electron chi connectivity index (χ3n) is 5.59. The van der Waals surface area contributed by atoms with Gasteiger partial charge in [-0.15, -0.1) is 6.58 Å². The number of methoxy groups -OCH3 is 1. The van der Waals surface area contributed by atoms with E-state index in [-0.39, 0.29) is 43.1 Å². The van der Waals surface area contributed by atoms with Gasteiger partial charge < -0.3 is 20.3 Å². The van der Waals surface area contributed by atoms with Crippen molar-refractivity contribution in [2.75, 3.05) is 33.4 Å². The number of hydrogen-bond donors (Lipinski definition) is 2. The predicted molar refractivity (Wildman–Crippen MR) is 113 cm³/mol. The average molecular weight is 466 g/mol. The molecule has 0 bridgehead atoms.